The molecule has 0 bridgehead atoms. The van der Waals surface area contributed by atoms with Crippen LogP contribution in [0.15, 0.2) is 53.7 Å². The first-order chi connectivity index (χ1) is 17.8. The van der Waals surface area contributed by atoms with E-state index in [1.54, 1.807) is 16.7 Å². The van der Waals surface area contributed by atoms with E-state index in [1.165, 1.54) is 41.5 Å². The summed E-state index contributed by atoms with van der Waals surface area (Å²) < 4.78 is 32.6. The van der Waals surface area contributed by atoms with E-state index in [9.17, 15) is 9.18 Å². The summed E-state index contributed by atoms with van der Waals surface area (Å²) in [6.07, 6.45) is 3.39. The van der Waals surface area contributed by atoms with Gasteiger partial charge in [0.2, 0.25) is 5.95 Å². The highest BCUT2D eigenvalue weighted by Gasteiger charge is 2.33. The molecule has 5 aromatic rings. The Bertz CT molecular complexity index is 1710. The van der Waals surface area contributed by atoms with E-state index in [0.717, 1.165) is 0 Å². The Morgan fingerprint density at radius 2 is 2.03 bits per heavy atom. The van der Waals surface area contributed by atoms with Gasteiger partial charge in [0, 0.05) is 17.3 Å². The second-order valence-corrected chi connectivity index (χ2v) is 9.20. The molecule has 186 valence electrons. The van der Waals surface area contributed by atoms with Crippen molar-refractivity contribution >= 4 is 17.4 Å². The number of rotatable bonds is 4. The maximum atomic E-state index is 15.3. The molecule has 0 saturated carbocycles. The van der Waals surface area contributed by atoms with E-state index >= 15 is 4.39 Å². The minimum Gasteiger partial charge on any atom is -0.384 e. The van der Waals surface area contributed by atoms with Crippen molar-refractivity contribution < 1.29 is 8.78 Å². The zero-order valence-electron chi connectivity index (χ0n) is 19.2. The van der Waals surface area contributed by atoms with Gasteiger partial charge in [0.1, 0.15) is 18.0 Å². The third-order valence-corrected chi connectivity index (χ3v) is 6.81. The topological polar surface area (TPSA) is 133 Å². The van der Waals surface area contributed by atoms with Crippen molar-refractivity contribution in [1.82, 2.24) is 39.7 Å². The van der Waals surface area contributed by atoms with Gasteiger partial charge in [0.05, 0.1) is 34.2 Å². The lowest BCUT2D eigenvalue weighted by Gasteiger charge is -2.16. The number of fused-ring (bicyclic) bond motifs is 1. The number of nitrogen functional groups attached to an aromatic ring is 1. The van der Waals surface area contributed by atoms with Crippen LogP contribution >= 0.6 is 11.6 Å². The first-order valence-corrected chi connectivity index (χ1v) is 11.6. The molecule has 0 spiro atoms. The van der Waals surface area contributed by atoms with Gasteiger partial charge in [0.15, 0.2) is 5.82 Å². The van der Waals surface area contributed by atoms with Crippen LogP contribution in [0.4, 0.5) is 14.6 Å². The molecule has 0 unspecified atom stereocenters. The lowest BCUT2D eigenvalue weighted by Crippen LogP contribution is -2.24. The van der Waals surface area contributed by atoms with Crippen molar-refractivity contribution in [3.05, 3.63) is 87.6 Å². The molecular formula is C24H18ClF2N9O. The molecule has 3 N–H and O–H groups in total. The van der Waals surface area contributed by atoms with Gasteiger partial charge in [-0.25, -0.2) is 14.4 Å². The molecule has 0 saturated heterocycles. The number of halogens is 3. The van der Waals surface area contributed by atoms with Gasteiger partial charge in [0.25, 0.3) is 5.56 Å². The number of nitrogens with one attached hydrogen (secondary N) is 1. The Morgan fingerprint density at radius 3 is 2.78 bits per heavy atom. The number of hydrogen-bond acceptors (Lipinski definition) is 7. The van der Waals surface area contributed by atoms with Crippen LogP contribution in [0.1, 0.15) is 36.8 Å². The van der Waals surface area contributed by atoms with Gasteiger partial charge in [-0.1, -0.05) is 18.5 Å². The number of anilines is 1. The Morgan fingerprint density at radius 1 is 1.19 bits per heavy atom. The number of benzene rings is 1. The SMILES string of the molecule is C[C@H]1C[C@@H](c2ncc(-c3ccc(N)nc3F)[nH]2)n2c1cc(-c1c(-n3cnnn3)ccc(Cl)c1F)cc2=O. The smallest absolute Gasteiger partial charge is 0.252 e. The van der Waals surface area contributed by atoms with Gasteiger partial charge in [-0.05, 0) is 58.7 Å². The number of aromatic amines is 1. The molecule has 37 heavy (non-hydrogen) atoms. The summed E-state index contributed by atoms with van der Waals surface area (Å²) >= 11 is 6.09. The van der Waals surface area contributed by atoms with E-state index in [-0.39, 0.29) is 33.4 Å². The van der Waals surface area contributed by atoms with Crippen molar-refractivity contribution in [2.45, 2.75) is 25.3 Å². The first-order valence-electron chi connectivity index (χ1n) is 11.3. The van der Waals surface area contributed by atoms with Crippen LogP contribution in [0.25, 0.3) is 28.1 Å². The highest BCUT2D eigenvalue weighted by atomic mass is 35.5. The Hall–Kier alpha value is -4.45. The number of pyridine rings is 2. The molecule has 4 aromatic heterocycles. The molecule has 1 aromatic carbocycles. The Labute approximate surface area is 212 Å². The number of nitrogens with zero attached hydrogens (tertiary/aromatic N) is 7. The quantitative estimate of drug-likeness (QED) is 0.343. The predicted octanol–water partition coefficient (Wildman–Crippen LogP) is 3.89. The van der Waals surface area contributed by atoms with Crippen molar-refractivity contribution in [1.29, 1.82) is 0 Å². The van der Waals surface area contributed by atoms with Crippen LogP contribution in [-0.2, 0) is 0 Å². The third kappa shape index (κ3) is 3.76. The number of hydrogen-bond donors (Lipinski definition) is 2. The molecule has 0 radical (unpaired) electrons. The van der Waals surface area contributed by atoms with Gasteiger partial charge in [-0.3, -0.25) is 4.79 Å². The molecule has 2 atom stereocenters. The molecule has 0 amide bonds. The second-order valence-electron chi connectivity index (χ2n) is 8.80. The molecule has 1 aliphatic heterocycles. The normalized spacial score (nSPS) is 16.8. The van der Waals surface area contributed by atoms with Crippen molar-refractivity contribution in [3.63, 3.8) is 0 Å². The zero-order chi connectivity index (χ0) is 25.8. The summed E-state index contributed by atoms with van der Waals surface area (Å²) in [5, 5.41) is 11.0. The van der Waals surface area contributed by atoms with Crippen LogP contribution in [0, 0.1) is 11.8 Å². The molecule has 1 aliphatic rings. The molecule has 13 heteroatoms. The average molecular weight is 522 g/mol. The van der Waals surface area contributed by atoms with Gasteiger partial charge in [-0.15, -0.1) is 5.10 Å². The lowest BCUT2D eigenvalue weighted by atomic mass is 9.99. The van der Waals surface area contributed by atoms with Crippen LogP contribution in [0.3, 0.4) is 0 Å². The average Bonchev–Trinajstić information content (AvgIpc) is 3.62. The largest absolute Gasteiger partial charge is 0.384 e. The fourth-order valence-corrected chi connectivity index (χ4v) is 4.98. The summed E-state index contributed by atoms with van der Waals surface area (Å²) in [5.74, 6) is -0.897. The van der Waals surface area contributed by atoms with E-state index in [1.807, 2.05) is 6.92 Å². The molecule has 10 nitrogen and oxygen atoms in total. The number of H-pyrrole nitrogens is 1. The van der Waals surface area contributed by atoms with E-state index < -0.39 is 17.8 Å². The van der Waals surface area contributed by atoms with Crippen molar-refractivity contribution in [2.75, 3.05) is 5.73 Å². The summed E-state index contributed by atoms with van der Waals surface area (Å²) in [5.41, 5.74) is 7.34. The Kier molecular flexibility index (Phi) is 5.33. The lowest BCUT2D eigenvalue weighted by molar-refractivity contribution is 0.556. The monoisotopic (exact) mass is 521 g/mol. The summed E-state index contributed by atoms with van der Waals surface area (Å²) in [4.78, 5) is 24.6. The van der Waals surface area contributed by atoms with Crippen LogP contribution < -0.4 is 11.3 Å². The summed E-state index contributed by atoms with van der Waals surface area (Å²) in [6, 6.07) is 8.70. The van der Waals surface area contributed by atoms with Crippen LogP contribution in [-0.4, -0.2) is 39.7 Å². The molecular weight excluding hydrogens is 504 g/mol. The standard InChI is InChI=1S/C24H18ClF2N9O/c1-11-6-18(24-29-9-15(31-24)13-2-5-19(28)32-23(13)27)36-17(11)7-12(8-20(36)37)21-16(35-10-30-33-34-35)4-3-14(25)22(21)26/h2-5,7-11,18H,6H2,1H3,(H2,28,32)(H,29,31)/t11-,18-/m0/s1. The third-order valence-electron chi connectivity index (χ3n) is 6.52. The first kappa shape index (κ1) is 23.0. The number of nitrogens with two attached hydrogens (primary N) is 1. The number of tetrazole rings is 1. The maximum Gasteiger partial charge on any atom is 0.252 e. The molecule has 0 fully saturated rings. The molecule has 6 rings (SSSR count). The zero-order valence-corrected chi connectivity index (χ0v) is 20.0. The van der Waals surface area contributed by atoms with Crippen molar-refractivity contribution in [3.8, 4) is 28.1 Å². The summed E-state index contributed by atoms with van der Waals surface area (Å²) in [7, 11) is 0. The Balaban J connectivity index is 1.44. The molecule has 5 heterocycles. The van der Waals surface area contributed by atoms with Gasteiger partial charge in [-0.2, -0.15) is 9.07 Å². The maximum absolute atomic E-state index is 15.3. The van der Waals surface area contributed by atoms with E-state index in [2.05, 4.69) is 30.5 Å². The van der Waals surface area contributed by atoms with Gasteiger partial charge < -0.3 is 15.3 Å². The fraction of sp³-hybridized carbons (Fsp3) is 0.167. The van der Waals surface area contributed by atoms with Crippen molar-refractivity contribution in [2.24, 2.45) is 0 Å². The minimum absolute atomic E-state index is 0.0557. The fourth-order valence-electron chi connectivity index (χ4n) is 4.82. The number of imidazole rings is 1. The highest BCUT2D eigenvalue weighted by molar-refractivity contribution is 6.31. The minimum atomic E-state index is -0.723. The predicted molar refractivity (Wildman–Crippen MR) is 131 cm³/mol. The van der Waals surface area contributed by atoms with Crippen LogP contribution in [0.5, 0.6) is 0 Å². The second kappa shape index (κ2) is 8.59. The highest BCUT2D eigenvalue weighted by Crippen LogP contribution is 2.41. The van der Waals surface area contributed by atoms with E-state index in [4.69, 9.17) is 17.3 Å². The van der Waals surface area contributed by atoms with Gasteiger partial charge >= 0.3 is 0 Å². The molecule has 0 aliphatic carbocycles. The number of aromatic nitrogens is 8. The summed E-state index contributed by atoms with van der Waals surface area (Å²) in [6.45, 7) is 1.97. The van der Waals surface area contributed by atoms with E-state index in [0.29, 0.717) is 34.9 Å². The van der Waals surface area contributed by atoms with Crippen LogP contribution in [0.2, 0.25) is 5.02 Å².